The molecule has 4 N–H and O–H groups in total. The Balaban J connectivity index is 1.32. The third-order valence-electron chi connectivity index (χ3n) is 6.90. The first kappa shape index (κ1) is 24.5. The number of benzene rings is 2. The van der Waals surface area contributed by atoms with Gasteiger partial charge in [-0.05, 0) is 37.1 Å². The number of anilines is 3. The quantitative estimate of drug-likeness (QED) is 0.351. The normalized spacial score (nSPS) is 18.1. The van der Waals surface area contributed by atoms with E-state index in [2.05, 4.69) is 16.9 Å². The molecule has 2 heterocycles. The summed E-state index contributed by atoms with van der Waals surface area (Å²) in [5.74, 6) is 0.666. The largest absolute Gasteiger partial charge is 0.598 e. The zero-order valence-corrected chi connectivity index (χ0v) is 21.2. The number of nitrogens with two attached hydrogens (primary N) is 2. The van der Waals surface area contributed by atoms with Gasteiger partial charge in [0.1, 0.15) is 5.69 Å². The lowest BCUT2D eigenvalue weighted by molar-refractivity contribution is 0.242. The lowest BCUT2D eigenvalue weighted by Gasteiger charge is -2.36. The molecule has 1 saturated carbocycles. The predicted octanol–water partition coefficient (Wildman–Crippen LogP) is 2.56. The molecule has 2 fully saturated rings. The van der Waals surface area contributed by atoms with Gasteiger partial charge >= 0.3 is 5.56 Å². The van der Waals surface area contributed by atoms with Crippen LogP contribution < -0.4 is 26.7 Å². The molecule has 1 unspecified atom stereocenters. The molecule has 190 valence electrons. The maximum atomic E-state index is 13.5. The highest BCUT2D eigenvalue weighted by Gasteiger charge is 2.39. The van der Waals surface area contributed by atoms with Crippen molar-refractivity contribution in [1.82, 2.24) is 14.1 Å². The van der Waals surface area contributed by atoms with Gasteiger partial charge in [0.05, 0.1) is 31.6 Å². The molecule has 3 aromatic rings. The van der Waals surface area contributed by atoms with Crippen molar-refractivity contribution in [3.8, 4) is 11.4 Å². The van der Waals surface area contributed by atoms with Crippen molar-refractivity contribution in [3.05, 3.63) is 70.6 Å². The molecule has 0 spiro atoms. The van der Waals surface area contributed by atoms with Gasteiger partial charge in [0.15, 0.2) is 5.75 Å². The van der Waals surface area contributed by atoms with Crippen LogP contribution in [0.1, 0.15) is 25.3 Å². The zero-order valence-electron chi connectivity index (χ0n) is 20.4. The van der Waals surface area contributed by atoms with E-state index < -0.39 is 11.4 Å². The minimum Gasteiger partial charge on any atom is -0.598 e. The van der Waals surface area contributed by atoms with Gasteiger partial charge in [-0.25, -0.2) is 0 Å². The molecule has 9 nitrogen and oxygen atoms in total. The van der Waals surface area contributed by atoms with Gasteiger partial charge in [0.25, 0.3) is 0 Å². The standard InChI is InChI=1S/C26H32N6O3S/c1-26(9-10-26)18-35-24-23(16-29-32(25(24)33)21-5-3-2-4-6-21)30-11-13-31(14-12-30)36(34)17-19-7-8-20(27)15-22(19)28/h2-8,15-16H,9-14,17-18,27-28H2,1H3. The SMILES string of the molecule is CC1(COc2c(N3CCN([S+]([O-])Cc4ccc(N)cc4N)CC3)cnn(-c3ccccc3)c2=O)CC1. The zero-order chi connectivity index (χ0) is 25.3. The lowest BCUT2D eigenvalue weighted by Crippen LogP contribution is -2.49. The molecule has 36 heavy (non-hydrogen) atoms. The Labute approximate surface area is 214 Å². The molecule has 0 bridgehead atoms. The maximum absolute atomic E-state index is 13.5. The Morgan fingerprint density at radius 1 is 1.08 bits per heavy atom. The Kier molecular flexibility index (Phi) is 6.83. The molecule has 1 aliphatic carbocycles. The Morgan fingerprint density at radius 2 is 1.81 bits per heavy atom. The van der Waals surface area contributed by atoms with E-state index in [-0.39, 0.29) is 11.0 Å². The lowest BCUT2D eigenvalue weighted by atomic mass is 10.2. The van der Waals surface area contributed by atoms with Crippen LogP contribution in [0.3, 0.4) is 0 Å². The third-order valence-corrected chi connectivity index (χ3v) is 8.40. The molecule has 0 radical (unpaired) electrons. The summed E-state index contributed by atoms with van der Waals surface area (Å²) in [6.07, 6.45) is 3.91. The second-order valence-electron chi connectivity index (χ2n) is 9.85. The van der Waals surface area contributed by atoms with Gasteiger partial charge in [0, 0.05) is 46.8 Å². The van der Waals surface area contributed by atoms with E-state index in [0.717, 1.165) is 18.4 Å². The fraction of sp³-hybridized carbons (Fsp3) is 0.385. The van der Waals surface area contributed by atoms with Crippen LogP contribution in [0, 0.1) is 5.41 Å². The van der Waals surface area contributed by atoms with Crippen LogP contribution in [0.5, 0.6) is 5.75 Å². The summed E-state index contributed by atoms with van der Waals surface area (Å²) in [7, 11) is 0. The molecule has 1 aromatic heterocycles. The van der Waals surface area contributed by atoms with Crippen molar-refractivity contribution < 1.29 is 9.29 Å². The van der Waals surface area contributed by atoms with Crippen LogP contribution in [-0.4, -0.2) is 51.4 Å². The maximum Gasteiger partial charge on any atom is 0.316 e. The summed E-state index contributed by atoms with van der Waals surface area (Å²) in [6, 6.07) is 14.6. The van der Waals surface area contributed by atoms with Crippen LogP contribution in [0.4, 0.5) is 17.1 Å². The van der Waals surface area contributed by atoms with Crippen molar-refractivity contribution in [3.63, 3.8) is 0 Å². The fourth-order valence-corrected chi connectivity index (χ4v) is 5.53. The summed E-state index contributed by atoms with van der Waals surface area (Å²) in [4.78, 5) is 15.6. The first-order valence-electron chi connectivity index (χ1n) is 12.2. The van der Waals surface area contributed by atoms with Crippen molar-refractivity contribution >= 4 is 28.4 Å². The van der Waals surface area contributed by atoms with Crippen molar-refractivity contribution in [2.75, 3.05) is 49.2 Å². The van der Waals surface area contributed by atoms with E-state index >= 15 is 0 Å². The molecule has 2 aromatic carbocycles. The second kappa shape index (κ2) is 10.0. The van der Waals surface area contributed by atoms with Gasteiger partial charge < -0.3 is 25.7 Å². The third kappa shape index (κ3) is 5.30. The molecule has 0 amide bonds. The summed E-state index contributed by atoms with van der Waals surface area (Å²) in [6.45, 7) is 5.05. The first-order valence-corrected chi connectivity index (χ1v) is 13.4. The molecule has 2 aliphatic rings. The number of hydrogen-bond acceptors (Lipinski definition) is 8. The number of ether oxygens (including phenoxy) is 1. The number of hydrogen-bond donors (Lipinski definition) is 2. The minimum absolute atomic E-state index is 0.129. The summed E-state index contributed by atoms with van der Waals surface area (Å²) < 4.78 is 22.5. The highest BCUT2D eigenvalue weighted by molar-refractivity contribution is 7.88. The molecule has 1 atom stereocenters. The molecule has 5 rings (SSSR count). The van der Waals surface area contributed by atoms with E-state index in [0.29, 0.717) is 67.0 Å². The second-order valence-corrected chi connectivity index (χ2v) is 11.3. The van der Waals surface area contributed by atoms with Crippen molar-refractivity contribution in [1.29, 1.82) is 0 Å². The Bertz CT molecular complexity index is 1270. The molecule has 10 heteroatoms. The van der Waals surface area contributed by atoms with Gasteiger partial charge in [-0.1, -0.05) is 31.2 Å². The summed E-state index contributed by atoms with van der Waals surface area (Å²) >= 11 is -1.22. The Morgan fingerprint density at radius 3 is 2.47 bits per heavy atom. The number of aromatic nitrogens is 2. The summed E-state index contributed by atoms with van der Waals surface area (Å²) in [5, 5.41) is 4.46. The van der Waals surface area contributed by atoms with E-state index in [4.69, 9.17) is 16.2 Å². The average Bonchev–Trinajstić information content (AvgIpc) is 3.62. The number of nitrogens with zero attached hydrogens (tertiary/aromatic N) is 4. The molecule has 1 saturated heterocycles. The Hall–Kier alpha value is -3.21. The van der Waals surface area contributed by atoms with Gasteiger partial charge in [-0.3, -0.25) is 4.79 Å². The first-order chi connectivity index (χ1) is 17.3. The highest BCUT2D eigenvalue weighted by atomic mass is 32.2. The van der Waals surface area contributed by atoms with Crippen LogP contribution >= 0.6 is 0 Å². The number of nitrogen functional groups attached to an aromatic ring is 2. The van der Waals surface area contributed by atoms with E-state index in [9.17, 15) is 9.35 Å². The van der Waals surface area contributed by atoms with Crippen LogP contribution in [0.25, 0.3) is 5.69 Å². The smallest absolute Gasteiger partial charge is 0.316 e. The molecular formula is C26H32N6O3S. The van der Waals surface area contributed by atoms with Crippen LogP contribution in [0.2, 0.25) is 0 Å². The molecule has 1 aliphatic heterocycles. The van der Waals surface area contributed by atoms with E-state index in [1.54, 1.807) is 18.3 Å². The molecular weight excluding hydrogens is 476 g/mol. The highest BCUT2D eigenvalue weighted by Crippen LogP contribution is 2.45. The van der Waals surface area contributed by atoms with E-state index in [1.807, 2.05) is 40.7 Å². The monoisotopic (exact) mass is 508 g/mol. The minimum atomic E-state index is -1.22. The predicted molar refractivity (Wildman–Crippen MR) is 144 cm³/mol. The topological polar surface area (TPSA) is 126 Å². The van der Waals surface area contributed by atoms with Gasteiger partial charge in [-0.2, -0.15) is 9.78 Å². The van der Waals surface area contributed by atoms with Gasteiger partial charge in [-0.15, -0.1) is 4.31 Å². The van der Waals surface area contributed by atoms with Crippen molar-refractivity contribution in [2.24, 2.45) is 5.41 Å². The number of piperazine rings is 1. The number of rotatable bonds is 8. The fourth-order valence-electron chi connectivity index (χ4n) is 4.25. The van der Waals surface area contributed by atoms with Crippen LogP contribution in [-0.2, 0) is 17.1 Å². The number of para-hydroxylation sites is 1. The van der Waals surface area contributed by atoms with Crippen LogP contribution in [0.15, 0.2) is 59.5 Å². The van der Waals surface area contributed by atoms with E-state index in [1.165, 1.54) is 4.68 Å². The van der Waals surface area contributed by atoms with Crippen molar-refractivity contribution in [2.45, 2.75) is 25.5 Å². The average molecular weight is 509 g/mol. The van der Waals surface area contributed by atoms with Gasteiger partial charge in [0.2, 0.25) is 5.75 Å². The summed E-state index contributed by atoms with van der Waals surface area (Å²) in [5.41, 5.74) is 15.0.